The first-order chi connectivity index (χ1) is 13.3. The molecule has 1 atom stereocenters. The standard InChI is InChI=1S/C20H34N4O3S/c1-13(2)12-16(21-18(26)15-8-6-5-7-9-15)17(25)19(27)22-23-20-24(14(3)4)10-11-28-20/h13-16H,5-12H2,1-4H3,(H,21,26)(H,22,27)/b23-20-/t16-/m0/s1. The van der Waals surface area contributed by atoms with Crippen LogP contribution in [0.15, 0.2) is 5.10 Å². The number of amidine groups is 1. The quantitative estimate of drug-likeness (QED) is 0.474. The average Bonchev–Trinajstić information content (AvgIpc) is 3.14. The summed E-state index contributed by atoms with van der Waals surface area (Å²) >= 11 is 1.56. The Balaban J connectivity index is 1.98. The van der Waals surface area contributed by atoms with Crippen LogP contribution in [0.3, 0.4) is 0 Å². The Labute approximate surface area is 172 Å². The van der Waals surface area contributed by atoms with Crippen molar-refractivity contribution in [2.75, 3.05) is 12.3 Å². The molecule has 1 aliphatic heterocycles. The van der Waals surface area contributed by atoms with Gasteiger partial charge in [0.15, 0.2) is 5.17 Å². The van der Waals surface area contributed by atoms with E-state index in [1.165, 1.54) is 0 Å². The Morgan fingerprint density at radius 3 is 2.43 bits per heavy atom. The minimum atomic E-state index is -0.799. The number of hydrazone groups is 1. The van der Waals surface area contributed by atoms with Crippen LogP contribution in [-0.2, 0) is 14.4 Å². The average molecular weight is 411 g/mol. The van der Waals surface area contributed by atoms with E-state index in [9.17, 15) is 14.4 Å². The number of rotatable bonds is 8. The lowest BCUT2D eigenvalue weighted by Crippen LogP contribution is -2.49. The summed E-state index contributed by atoms with van der Waals surface area (Å²) in [6.45, 7) is 8.95. The van der Waals surface area contributed by atoms with Crippen LogP contribution in [0.4, 0.5) is 0 Å². The first-order valence-electron chi connectivity index (χ1n) is 10.4. The Morgan fingerprint density at radius 1 is 1.14 bits per heavy atom. The first-order valence-corrected chi connectivity index (χ1v) is 11.4. The smallest absolute Gasteiger partial charge is 0.309 e. The largest absolute Gasteiger partial charge is 0.347 e. The van der Waals surface area contributed by atoms with E-state index in [2.05, 4.69) is 34.6 Å². The fourth-order valence-corrected chi connectivity index (χ4v) is 4.71. The molecule has 1 heterocycles. The van der Waals surface area contributed by atoms with Crippen LogP contribution in [0.25, 0.3) is 0 Å². The van der Waals surface area contributed by atoms with Gasteiger partial charge in [0.1, 0.15) is 0 Å². The molecule has 2 N–H and O–H groups in total. The number of hydrogen-bond acceptors (Lipinski definition) is 5. The maximum absolute atomic E-state index is 12.7. The van der Waals surface area contributed by atoms with Gasteiger partial charge in [-0.2, -0.15) is 0 Å². The molecular weight excluding hydrogens is 376 g/mol. The molecule has 2 rings (SSSR count). The summed E-state index contributed by atoms with van der Waals surface area (Å²) in [5.41, 5.74) is 2.40. The monoisotopic (exact) mass is 410 g/mol. The number of nitrogens with one attached hydrogen (secondary N) is 2. The predicted octanol–water partition coefficient (Wildman–Crippen LogP) is 2.51. The van der Waals surface area contributed by atoms with Gasteiger partial charge in [-0.1, -0.05) is 44.9 Å². The van der Waals surface area contributed by atoms with Crippen LogP contribution in [0, 0.1) is 11.8 Å². The number of ketones is 1. The fourth-order valence-electron chi connectivity index (χ4n) is 3.66. The van der Waals surface area contributed by atoms with Crippen LogP contribution in [0.5, 0.6) is 0 Å². The number of hydrogen-bond donors (Lipinski definition) is 2. The molecule has 0 aromatic rings. The molecule has 0 bridgehead atoms. The van der Waals surface area contributed by atoms with Crippen molar-refractivity contribution < 1.29 is 14.4 Å². The number of amides is 2. The first kappa shape index (κ1) is 22.7. The zero-order chi connectivity index (χ0) is 20.7. The van der Waals surface area contributed by atoms with Crippen molar-refractivity contribution in [3.8, 4) is 0 Å². The minimum absolute atomic E-state index is 0.0472. The van der Waals surface area contributed by atoms with Gasteiger partial charge >= 0.3 is 5.91 Å². The molecule has 0 aromatic carbocycles. The van der Waals surface area contributed by atoms with E-state index in [1.807, 2.05) is 13.8 Å². The topological polar surface area (TPSA) is 90.9 Å². The van der Waals surface area contributed by atoms with Crippen LogP contribution >= 0.6 is 11.8 Å². The molecule has 0 aromatic heterocycles. The summed E-state index contributed by atoms with van der Waals surface area (Å²) in [7, 11) is 0. The maximum Gasteiger partial charge on any atom is 0.309 e. The molecule has 1 saturated heterocycles. The van der Waals surface area contributed by atoms with Crippen molar-refractivity contribution in [3.63, 3.8) is 0 Å². The molecule has 1 aliphatic carbocycles. The van der Waals surface area contributed by atoms with Gasteiger partial charge in [-0.3, -0.25) is 14.4 Å². The summed E-state index contributed by atoms with van der Waals surface area (Å²) < 4.78 is 0. The van der Waals surface area contributed by atoms with Crippen molar-refractivity contribution in [1.29, 1.82) is 0 Å². The third-order valence-electron chi connectivity index (χ3n) is 5.23. The molecule has 158 valence electrons. The second kappa shape index (κ2) is 10.8. The fraction of sp³-hybridized carbons (Fsp3) is 0.800. The summed E-state index contributed by atoms with van der Waals surface area (Å²) in [5, 5.41) is 7.72. The zero-order valence-electron chi connectivity index (χ0n) is 17.5. The van der Waals surface area contributed by atoms with Crippen molar-refractivity contribution >= 4 is 34.5 Å². The Bertz CT molecular complexity index is 600. The second-order valence-corrected chi connectivity index (χ2v) is 9.42. The van der Waals surface area contributed by atoms with E-state index in [4.69, 9.17) is 0 Å². The van der Waals surface area contributed by atoms with Gasteiger partial charge in [0.25, 0.3) is 0 Å². The van der Waals surface area contributed by atoms with Crippen molar-refractivity contribution in [2.24, 2.45) is 16.9 Å². The zero-order valence-corrected chi connectivity index (χ0v) is 18.3. The molecule has 0 unspecified atom stereocenters. The number of carbonyl (C=O) groups is 3. The van der Waals surface area contributed by atoms with Crippen molar-refractivity contribution in [3.05, 3.63) is 0 Å². The summed E-state index contributed by atoms with van der Waals surface area (Å²) in [6, 6.07) is -0.517. The van der Waals surface area contributed by atoms with Crippen LogP contribution in [0.2, 0.25) is 0 Å². The third-order valence-corrected chi connectivity index (χ3v) is 6.20. The second-order valence-electron chi connectivity index (χ2n) is 8.36. The van der Waals surface area contributed by atoms with Gasteiger partial charge in [0.05, 0.1) is 6.04 Å². The van der Waals surface area contributed by atoms with Gasteiger partial charge in [0, 0.05) is 24.3 Å². The van der Waals surface area contributed by atoms with Crippen molar-refractivity contribution in [2.45, 2.75) is 78.3 Å². The molecule has 7 nitrogen and oxygen atoms in total. The van der Waals surface area contributed by atoms with Crippen LogP contribution in [0.1, 0.15) is 66.2 Å². The SMILES string of the molecule is CC(C)C[C@H](NC(=O)C1CCCCC1)C(=O)C(=O)N/N=C1\SCCN1C(C)C. The highest BCUT2D eigenvalue weighted by molar-refractivity contribution is 8.14. The highest BCUT2D eigenvalue weighted by Crippen LogP contribution is 2.24. The number of Topliss-reactive ketones (excluding diaryl/α,β-unsaturated/α-hetero) is 1. The molecule has 0 spiro atoms. The summed E-state index contributed by atoms with van der Waals surface area (Å²) in [5.74, 6) is -0.445. The van der Waals surface area contributed by atoms with E-state index in [1.54, 1.807) is 11.8 Å². The summed E-state index contributed by atoms with van der Waals surface area (Å²) in [6.07, 6.45) is 5.40. The van der Waals surface area contributed by atoms with E-state index in [0.717, 1.165) is 49.6 Å². The van der Waals surface area contributed by atoms with Crippen LogP contribution < -0.4 is 10.7 Å². The predicted molar refractivity (Wildman–Crippen MR) is 113 cm³/mol. The lowest BCUT2D eigenvalue weighted by molar-refractivity contribution is -0.140. The van der Waals surface area contributed by atoms with Crippen LogP contribution in [-0.4, -0.2) is 52.0 Å². The van der Waals surface area contributed by atoms with Gasteiger partial charge in [0.2, 0.25) is 11.7 Å². The number of nitrogens with zero attached hydrogens (tertiary/aromatic N) is 2. The van der Waals surface area contributed by atoms with E-state index in [0.29, 0.717) is 6.42 Å². The number of thioether (sulfide) groups is 1. The van der Waals surface area contributed by atoms with Gasteiger partial charge in [-0.25, -0.2) is 5.43 Å². The van der Waals surface area contributed by atoms with Gasteiger partial charge in [-0.05, 0) is 39.0 Å². The molecule has 28 heavy (non-hydrogen) atoms. The molecular formula is C20H34N4O3S. The molecule has 1 saturated carbocycles. The Kier molecular flexibility index (Phi) is 8.79. The minimum Gasteiger partial charge on any atom is -0.347 e. The summed E-state index contributed by atoms with van der Waals surface area (Å²) in [4.78, 5) is 39.8. The van der Waals surface area contributed by atoms with Gasteiger partial charge in [-0.15, -0.1) is 5.10 Å². The third kappa shape index (κ3) is 6.50. The normalized spacial score (nSPS) is 20.6. The van der Waals surface area contributed by atoms with Gasteiger partial charge < -0.3 is 10.2 Å². The highest BCUT2D eigenvalue weighted by Gasteiger charge is 2.31. The van der Waals surface area contributed by atoms with Crippen molar-refractivity contribution in [1.82, 2.24) is 15.6 Å². The van der Waals surface area contributed by atoms with E-state index < -0.39 is 17.7 Å². The Hall–Kier alpha value is -1.57. The Morgan fingerprint density at radius 2 is 1.82 bits per heavy atom. The molecule has 0 radical (unpaired) electrons. The lowest BCUT2D eigenvalue weighted by atomic mass is 9.88. The highest BCUT2D eigenvalue weighted by atomic mass is 32.2. The van der Waals surface area contributed by atoms with E-state index >= 15 is 0 Å². The number of carbonyl (C=O) groups excluding carboxylic acids is 3. The maximum atomic E-state index is 12.7. The van der Waals surface area contributed by atoms with E-state index in [-0.39, 0.29) is 23.8 Å². The molecule has 2 fully saturated rings. The lowest BCUT2D eigenvalue weighted by Gasteiger charge is -2.25. The molecule has 2 amide bonds. The molecule has 2 aliphatic rings. The molecule has 8 heteroatoms.